The minimum Gasteiger partial charge on any atom is -0.487 e. The van der Waals surface area contributed by atoms with Gasteiger partial charge in [-0.05, 0) is 29.3 Å². The molecule has 29 heavy (non-hydrogen) atoms. The smallest absolute Gasteiger partial charge is 0.487 e. The third-order valence-electron chi connectivity index (χ3n) is 4.07. The molecule has 0 bridgehead atoms. The van der Waals surface area contributed by atoms with E-state index in [0.29, 0.717) is 23.1 Å². The fourth-order valence-corrected chi connectivity index (χ4v) is 2.71. The van der Waals surface area contributed by atoms with Gasteiger partial charge in [-0.1, -0.05) is 6.07 Å². The van der Waals surface area contributed by atoms with Crippen molar-refractivity contribution in [2.24, 2.45) is 7.05 Å². The highest BCUT2D eigenvalue weighted by Gasteiger charge is 2.31. The van der Waals surface area contributed by atoms with Gasteiger partial charge in [0.2, 0.25) is 0 Å². The van der Waals surface area contributed by atoms with Crippen molar-refractivity contribution in [3.63, 3.8) is 0 Å². The maximum Gasteiger partial charge on any atom is 0.573 e. The van der Waals surface area contributed by atoms with E-state index in [1.54, 1.807) is 36.1 Å². The number of aryl methyl sites for hydroxylation is 1. The summed E-state index contributed by atoms with van der Waals surface area (Å²) in [4.78, 5) is 0. The number of ether oxygens (including phenoxy) is 2. The Hall–Kier alpha value is -3.43. The minimum absolute atomic E-state index is 0.00888. The van der Waals surface area contributed by atoms with Gasteiger partial charge in [-0.2, -0.15) is 5.10 Å². The molecule has 2 aromatic carbocycles. The lowest BCUT2D eigenvalue weighted by Gasteiger charge is -2.14. The SMILES string of the molecule is Cn1ccc(COc2cc(N)c(N)c(Cc3ccc(OC(F)(F)F)cc3F)c2)n1. The Bertz CT molecular complexity index is 1020. The largest absolute Gasteiger partial charge is 0.573 e. The maximum absolute atomic E-state index is 14.3. The monoisotopic (exact) mass is 410 g/mol. The van der Waals surface area contributed by atoms with Crippen molar-refractivity contribution >= 4 is 11.4 Å². The Morgan fingerprint density at radius 2 is 1.79 bits per heavy atom. The molecule has 0 aliphatic heterocycles. The van der Waals surface area contributed by atoms with Gasteiger partial charge in [-0.15, -0.1) is 13.2 Å². The zero-order valence-corrected chi connectivity index (χ0v) is 15.3. The number of nitrogens with two attached hydrogens (primary N) is 2. The molecule has 3 rings (SSSR count). The second kappa shape index (κ2) is 7.90. The second-order valence-electron chi connectivity index (χ2n) is 6.33. The zero-order valence-electron chi connectivity index (χ0n) is 15.3. The van der Waals surface area contributed by atoms with Crippen molar-refractivity contribution in [2.45, 2.75) is 19.4 Å². The van der Waals surface area contributed by atoms with Crippen molar-refractivity contribution in [1.29, 1.82) is 0 Å². The van der Waals surface area contributed by atoms with E-state index < -0.39 is 17.9 Å². The summed E-state index contributed by atoms with van der Waals surface area (Å²) in [6.45, 7) is 0.196. The molecule has 0 aliphatic carbocycles. The van der Waals surface area contributed by atoms with Crippen LogP contribution < -0.4 is 20.9 Å². The molecule has 0 fully saturated rings. The van der Waals surface area contributed by atoms with Crippen molar-refractivity contribution in [1.82, 2.24) is 9.78 Å². The van der Waals surface area contributed by atoms with Crippen LogP contribution in [0.5, 0.6) is 11.5 Å². The molecular weight excluding hydrogens is 392 g/mol. The highest BCUT2D eigenvalue weighted by molar-refractivity contribution is 5.70. The van der Waals surface area contributed by atoms with Crippen LogP contribution in [0.1, 0.15) is 16.8 Å². The summed E-state index contributed by atoms with van der Waals surface area (Å²) in [5.41, 5.74) is 13.7. The predicted molar refractivity (Wildman–Crippen MR) is 98.7 cm³/mol. The van der Waals surface area contributed by atoms with Crippen molar-refractivity contribution in [3.05, 3.63) is 65.2 Å². The molecule has 0 saturated heterocycles. The lowest BCUT2D eigenvalue weighted by atomic mass is 10.0. The first-order chi connectivity index (χ1) is 13.6. The van der Waals surface area contributed by atoms with Gasteiger partial charge in [0.1, 0.15) is 23.9 Å². The van der Waals surface area contributed by atoms with Gasteiger partial charge in [-0.3, -0.25) is 4.68 Å². The standard InChI is InChI=1S/C19H18F4N4O2/c1-27-5-4-13(26-27)10-28-15-7-12(18(25)17(24)9-15)6-11-2-3-14(8-16(11)20)29-19(21,22)23/h2-5,7-9H,6,10,24-25H2,1H3. The third kappa shape index (κ3) is 5.31. The van der Waals surface area contributed by atoms with Gasteiger partial charge >= 0.3 is 6.36 Å². The number of hydrogen-bond acceptors (Lipinski definition) is 5. The Morgan fingerprint density at radius 3 is 2.41 bits per heavy atom. The van der Waals surface area contributed by atoms with Crippen LogP contribution in [0.15, 0.2) is 42.6 Å². The van der Waals surface area contributed by atoms with E-state index in [1.807, 2.05) is 0 Å². The summed E-state index contributed by atoms with van der Waals surface area (Å²) in [7, 11) is 1.78. The number of aromatic nitrogens is 2. The van der Waals surface area contributed by atoms with Gasteiger partial charge in [-0.25, -0.2) is 4.39 Å². The van der Waals surface area contributed by atoms with E-state index in [1.165, 1.54) is 6.07 Å². The van der Waals surface area contributed by atoms with Crippen LogP contribution in [0.2, 0.25) is 0 Å². The molecule has 6 nitrogen and oxygen atoms in total. The molecule has 0 aliphatic rings. The van der Waals surface area contributed by atoms with Crippen molar-refractivity contribution < 1.29 is 27.0 Å². The van der Waals surface area contributed by atoms with E-state index in [9.17, 15) is 17.6 Å². The zero-order chi connectivity index (χ0) is 21.2. The topological polar surface area (TPSA) is 88.3 Å². The van der Waals surface area contributed by atoms with Crippen LogP contribution in [-0.2, 0) is 20.1 Å². The first-order valence-corrected chi connectivity index (χ1v) is 8.44. The Balaban J connectivity index is 1.78. The molecule has 0 unspecified atom stereocenters. The normalized spacial score (nSPS) is 11.5. The molecular formula is C19H18F4N4O2. The van der Waals surface area contributed by atoms with E-state index in [4.69, 9.17) is 16.2 Å². The Labute approximate surface area is 163 Å². The van der Waals surface area contributed by atoms with Crippen LogP contribution in [0.4, 0.5) is 28.9 Å². The lowest BCUT2D eigenvalue weighted by molar-refractivity contribution is -0.274. The summed E-state index contributed by atoms with van der Waals surface area (Å²) in [5, 5.41) is 4.20. The Morgan fingerprint density at radius 1 is 1.03 bits per heavy atom. The summed E-state index contributed by atoms with van der Waals surface area (Å²) in [6, 6.07) is 7.85. The first kappa shape index (κ1) is 20.3. The first-order valence-electron chi connectivity index (χ1n) is 8.44. The van der Waals surface area contributed by atoms with Crippen molar-refractivity contribution in [3.8, 4) is 11.5 Å². The molecule has 3 aromatic rings. The maximum atomic E-state index is 14.3. The van der Waals surface area contributed by atoms with Crippen LogP contribution in [0, 0.1) is 5.82 Å². The quantitative estimate of drug-likeness (QED) is 0.477. The van der Waals surface area contributed by atoms with Gasteiger partial charge in [0, 0.05) is 31.8 Å². The van der Waals surface area contributed by atoms with E-state index >= 15 is 0 Å². The van der Waals surface area contributed by atoms with Crippen LogP contribution in [-0.4, -0.2) is 16.1 Å². The number of halogens is 4. The average Bonchev–Trinajstić information content (AvgIpc) is 3.03. The van der Waals surface area contributed by atoms with Crippen LogP contribution in [0.25, 0.3) is 0 Å². The minimum atomic E-state index is -4.90. The molecule has 4 N–H and O–H groups in total. The van der Waals surface area contributed by atoms with E-state index in [2.05, 4.69) is 9.84 Å². The molecule has 0 radical (unpaired) electrons. The number of nitrogens with zero attached hydrogens (tertiary/aromatic N) is 2. The molecule has 0 saturated carbocycles. The number of hydrogen-bond donors (Lipinski definition) is 2. The molecule has 0 atom stereocenters. The van der Waals surface area contributed by atoms with E-state index in [0.717, 1.165) is 6.07 Å². The summed E-state index contributed by atoms with van der Waals surface area (Å²) in [6.07, 6.45) is -3.11. The number of nitrogen functional groups attached to an aromatic ring is 2. The average molecular weight is 410 g/mol. The number of anilines is 2. The van der Waals surface area contributed by atoms with Crippen LogP contribution >= 0.6 is 0 Å². The fraction of sp³-hybridized carbons (Fsp3) is 0.211. The molecule has 1 heterocycles. The van der Waals surface area contributed by atoms with Gasteiger partial charge in [0.25, 0.3) is 0 Å². The fourth-order valence-electron chi connectivity index (χ4n) is 2.71. The van der Waals surface area contributed by atoms with Gasteiger partial charge in [0.15, 0.2) is 0 Å². The molecule has 0 amide bonds. The Kier molecular flexibility index (Phi) is 5.53. The third-order valence-corrected chi connectivity index (χ3v) is 4.07. The number of benzene rings is 2. The second-order valence-corrected chi connectivity index (χ2v) is 6.33. The molecule has 154 valence electrons. The number of rotatable bonds is 6. The van der Waals surface area contributed by atoms with Gasteiger partial charge < -0.3 is 20.9 Å². The predicted octanol–water partition coefficient (Wildman–Crippen LogP) is 3.79. The van der Waals surface area contributed by atoms with E-state index in [-0.39, 0.29) is 30.0 Å². The molecule has 0 spiro atoms. The molecule has 10 heteroatoms. The number of alkyl halides is 3. The highest BCUT2D eigenvalue weighted by Crippen LogP contribution is 2.31. The molecule has 1 aromatic heterocycles. The highest BCUT2D eigenvalue weighted by atomic mass is 19.4. The lowest BCUT2D eigenvalue weighted by Crippen LogP contribution is -2.17. The van der Waals surface area contributed by atoms with Crippen molar-refractivity contribution in [2.75, 3.05) is 11.5 Å². The summed E-state index contributed by atoms with van der Waals surface area (Å²) < 4.78 is 62.1. The van der Waals surface area contributed by atoms with Gasteiger partial charge in [0.05, 0.1) is 17.1 Å². The summed E-state index contributed by atoms with van der Waals surface area (Å²) >= 11 is 0. The van der Waals surface area contributed by atoms with Crippen LogP contribution in [0.3, 0.4) is 0 Å². The summed E-state index contributed by atoms with van der Waals surface area (Å²) in [5.74, 6) is -1.09.